The summed E-state index contributed by atoms with van der Waals surface area (Å²) in [5, 5.41) is 5.37. The molecule has 0 bridgehead atoms. The minimum absolute atomic E-state index is 0.213. The lowest BCUT2D eigenvalue weighted by molar-refractivity contribution is -0.136. The van der Waals surface area contributed by atoms with Crippen molar-refractivity contribution in [3.8, 4) is 11.5 Å². The van der Waals surface area contributed by atoms with Crippen molar-refractivity contribution < 1.29 is 19.0 Å². The molecule has 2 aromatic carbocycles. The number of nitrogens with zero attached hydrogens (tertiary/aromatic N) is 2. The predicted octanol–water partition coefficient (Wildman–Crippen LogP) is 4.17. The molecule has 0 amide bonds. The number of aromatic nitrogens is 2. The van der Waals surface area contributed by atoms with Gasteiger partial charge in [0.2, 0.25) is 0 Å². The highest BCUT2D eigenvalue weighted by atomic mass is 16.5. The Kier molecular flexibility index (Phi) is 4.04. The number of hydrogen-bond donors (Lipinski definition) is 1. The molecule has 2 aliphatic rings. The molecule has 7 nitrogen and oxygen atoms in total. The van der Waals surface area contributed by atoms with E-state index in [1.807, 2.05) is 42.5 Å². The van der Waals surface area contributed by atoms with Crippen molar-refractivity contribution in [2.24, 2.45) is 0 Å². The summed E-state index contributed by atoms with van der Waals surface area (Å²) in [6.07, 6.45) is 3.53. The highest BCUT2D eigenvalue weighted by Crippen LogP contribution is 2.50. The van der Waals surface area contributed by atoms with E-state index in [9.17, 15) is 4.79 Å². The first kappa shape index (κ1) is 18.6. The molecule has 1 atom stereocenters. The van der Waals surface area contributed by atoms with E-state index in [4.69, 9.17) is 14.2 Å². The molecule has 0 spiro atoms. The Morgan fingerprint density at radius 3 is 2.44 bits per heavy atom. The first-order chi connectivity index (χ1) is 15.7. The summed E-state index contributed by atoms with van der Waals surface area (Å²) >= 11 is 0. The Labute approximate surface area is 183 Å². The fourth-order valence-electron chi connectivity index (χ4n) is 4.79. The summed E-state index contributed by atoms with van der Waals surface area (Å²) < 4.78 is 16.4. The highest BCUT2D eigenvalue weighted by molar-refractivity contribution is 6.14. The van der Waals surface area contributed by atoms with Crippen LogP contribution in [0.15, 0.2) is 66.1 Å². The molecule has 0 aliphatic carbocycles. The third-order valence-corrected chi connectivity index (χ3v) is 6.16. The molecule has 0 radical (unpaired) electrons. The zero-order chi connectivity index (χ0) is 21.8. The average Bonchev–Trinajstić information content (AvgIpc) is 3.22. The predicted molar refractivity (Wildman–Crippen MR) is 120 cm³/mol. The van der Waals surface area contributed by atoms with E-state index in [1.54, 1.807) is 26.6 Å². The summed E-state index contributed by atoms with van der Waals surface area (Å²) in [7, 11) is 3.20. The minimum atomic E-state index is -0.354. The number of carbonyl (C=O) groups is 1. The number of nitrogens with one attached hydrogen (secondary N) is 1. The highest BCUT2D eigenvalue weighted by Gasteiger charge is 2.40. The number of benzene rings is 2. The summed E-state index contributed by atoms with van der Waals surface area (Å²) in [5.74, 6) is 0.556. The first-order valence-electron chi connectivity index (χ1n) is 10.3. The zero-order valence-corrected chi connectivity index (χ0v) is 17.5. The van der Waals surface area contributed by atoms with E-state index >= 15 is 0 Å². The van der Waals surface area contributed by atoms with E-state index in [2.05, 4.69) is 15.3 Å². The average molecular weight is 425 g/mol. The van der Waals surface area contributed by atoms with Gasteiger partial charge >= 0.3 is 5.97 Å². The normalized spacial score (nSPS) is 17.1. The molecular formula is C25H19N3O4. The molecular weight excluding hydrogens is 406 g/mol. The van der Waals surface area contributed by atoms with Gasteiger partial charge < -0.3 is 19.5 Å². The van der Waals surface area contributed by atoms with Crippen LogP contribution in [0.1, 0.15) is 17.0 Å². The van der Waals surface area contributed by atoms with Crippen molar-refractivity contribution in [2.45, 2.75) is 5.92 Å². The molecule has 1 unspecified atom stereocenters. The van der Waals surface area contributed by atoms with Crippen LogP contribution in [0.4, 0.5) is 5.69 Å². The second-order valence-corrected chi connectivity index (χ2v) is 7.73. The van der Waals surface area contributed by atoms with Crippen LogP contribution in [0.25, 0.3) is 21.8 Å². The Morgan fingerprint density at radius 1 is 0.969 bits per heavy atom. The van der Waals surface area contributed by atoms with Gasteiger partial charge in [-0.1, -0.05) is 12.1 Å². The summed E-state index contributed by atoms with van der Waals surface area (Å²) in [6.45, 7) is 0.213. The Hall–Kier alpha value is -4.13. The third kappa shape index (κ3) is 2.51. The number of hydrogen-bond acceptors (Lipinski definition) is 7. The van der Waals surface area contributed by atoms with E-state index in [1.165, 1.54) is 0 Å². The third-order valence-electron chi connectivity index (χ3n) is 6.16. The van der Waals surface area contributed by atoms with E-state index in [0.717, 1.165) is 44.3 Å². The second kappa shape index (κ2) is 6.95. The number of cyclic esters (lactones) is 1. The van der Waals surface area contributed by atoms with Crippen molar-refractivity contribution >= 4 is 33.5 Å². The number of anilines is 1. The quantitative estimate of drug-likeness (QED) is 0.390. The van der Waals surface area contributed by atoms with Crippen LogP contribution in [0.5, 0.6) is 11.5 Å². The van der Waals surface area contributed by atoms with E-state index < -0.39 is 0 Å². The first-order valence-corrected chi connectivity index (χ1v) is 10.3. The van der Waals surface area contributed by atoms with Gasteiger partial charge in [0.1, 0.15) is 6.61 Å². The largest absolute Gasteiger partial charge is 0.493 e. The molecule has 0 fully saturated rings. The second-order valence-electron chi connectivity index (χ2n) is 7.73. The lowest BCUT2D eigenvalue weighted by Gasteiger charge is -2.30. The monoisotopic (exact) mass is 425 g/mol. The Bertz CT molecular complexity index is 1460. The molecule has 2 aliphatic heterocycles. The molecule has 7 heteroatoms. The summed E-state index contributed by atoms with van der Waals surface area (Å²) in [5.41, 5.74) is 5.79. The van der Waals surface area contributed by atoms with Gasteiger partial charge in [0, 0.05) is 29.1 Å². The number of rotatable bonds is 3. The molecule has 0 saturated heterocycles. The van der Waals surface area contributed by atoms with Crippen LogP contribution < -0.4 is 14.8 Å². The van der Waals surface area contributed by atoms with Crippen molar-refractivity contribution in [2.75, 3.05) is 26.1 Å². The van der Waals surface area contributed by atoms with Gasteiger partial charge in [0.05, 0.1) is 42.2 Å². The van der Waals surface area contributed by atoms with Crippen molar-refractivity contribution in [3.05, 3.63) is 77.3 Å². The summed E-state index contributed by atoms with van der Waals surface area (Å²) in [4.78, 5) is 22.1. The van der Waals surface area contributed by atoms with Crippen LogP contribution >= 0.6 is 0 Å². The van der Waals surface area contributed by atoms with Gasteiger partial charge in [-0.25, -0.2) is 4.79 Å². The number of fused-ring (bicyclic) bond motifs is 6. The standard InChI is InChI=1S/C25H19N3O4/c1-30-17-8-7-13(11-18(17)31-2)19-20-14-5-3-9-26-23(14)24-15(6-4-10-27-24)22(20)28-16-12-32-25(29)21(16)19/h3-11,19,28H,12H2,1-2H3. The molecule has 4 aromatic rings. The van der Waals surface area contributed by atoms with Crippen molar-refractivity contribution in [3.63, 3.8) is 0 Å². The van der Waals surface area contributed by atoms with Gasteiger partial charge in [0.15, 0.2) is 11.5 Å². The SMILES string of the molecule is COc1ccc(C2C3=C(COC3=O)Nc3c2c2cccnc2c2ncccc32)cc1OC. The number of ether oxygens (including phenoxy) is 3. The molecule has 6 rings (SSSR count). The van der Waals surface area contributed by atoms with Crippen LogP contribution in [-0.2, 0) is 9.53 Å². The maximum Gasteiger partial charge on any atom is 0.337 e. The molecule has 32 heavy (non-hydrogen) atoms. The zero-order valence-electron chi connectivity index (χ0n) is 17.5. The fraction of sp³-hybridized carbons (Fsp3) is 0.160. The van der Waals surface area contributed by atoms with E-state index in [0.29, 0.717) is 17.1 Å². The van der Waals surface area contributed by atoms with Gasteiger partial charge in [-0.05, 0) is 41.5 Å². The van der Waals surface area contributed by atoms with Gasteiger partial charge in [-0.15, -0.1) is 0 Å². The van der Waals surface area contributed by atoms with Crippen LogP contribution in [-0.4, -0.2) is 36.8 Å². The Balaban J connectivity index is 1.73. The van der Waals surface area contributed by atoms with E-state index in [-0.39, 0.29) is 18.5 Å². The van der Waals surface area contributed by atoms with Crippen molar-refractivity contribution in [1.82, 2.24) is 9.97 Å². The van der Waals surface area contributed by atoms with Gasteiger partial charge in [-0.3, -0.25) is 9.97 Å². The molecule has 158 valence electrons. The Morgan fingerprint density at radius 2 is 1.69 bits per heavy atom. The number of carbonyl (C=O) groups excluding carboxylic acids is 1. The number of pyridine rings is 2. The lowest BCUT2D eigenvalue weighted by Crippen LogP contribution is -2.21. The number of methoxy groups -OCH3 is 2. The minimum Gasteiger partial charge on any atom is -0.493 e. The molecule has 0 saturated carbocycles. The van der Waals surface area contributed by atoms with Crippen LogP contribution in [0, 0.1) is 0 Å². The fourth-order valence-corrected chi connectivity index (χ4v) is 4.79. The van der Waals surface area contributed by atoms with Crippen molar-refractivity contribution in [1.29, 1.82) is 0 Å². The molecule has 4 heterocycles. The van der Waals surface area contributed by atoms with Gasteiger partial charge in [0.25, 0.3) is 0 Å². The van der Waals surface area contributed by atoms with Crippen LogP contribution in [0.3, 0.4) is 0 Å². The van der Waals surface area contributed by atoms with Gasteiger partial charge in [-0.2, -0.15) is 0 Å². The lowest BCUT2D eigenvalue weighted by atomic mass is 9.78. The maximum atomic E-state index is 12.9. The summed E-state index contributed by atoms with van der Waals surface area (Å²) in [6, 6.07) is 13.6. The maximum absolute atomic E-state index is 12.9. The molecule has 1 N–H and O–H groups in total. The number of esters is 1. The topological polar surface area (TPSA) is 82.6 Å². The molecule has 2 aromatic heterocycles. The van der Waals surface area contributed by atoms with Crippen LogP contribution in [0.2, 0.25) is 0 Å². The smallest absolute Gasteiger partial charge is 0.337 e.